The van der Waals surface area contributed by atoms with Crippen molar-refractivity contribution in [2.75, 3.05) is 39.6 Å². The Hall–Kier alpha value is -10.8. The van der Waals surface area contributed by atoms with E-state index >= 15 is 0 Å². The highest BCUT2D eigenvalue weighted by Gasteiger charge is 2.32. The fourth-order valence-electron chi connectivity index (χ4n) is 10.9. The summed E-state index contributed by atoms with van der Waals surface area (Å²) < 4.78 is 55.7. The summed E-state index contributed by atoms with van der Waals surface area (Å²) in [5.74, 6) is -2.52. The number of halogens is 3. The Morgan fingerprint density at radius 3 is 1.25 bits per heavy atom. The second kappa shape index (κ2) is 40.4. The van der Waals surface area contributed by atoms with Crippen molar-refractivity contribution in [3.8, 4) is 0 Å². The number of allylic oxidation sites excluding steroid dienone is 1. The van der Waals surface area contributed by atoms with Gasteiger partial charge in [-0.15, -0.1) is 0 Å². The average Bonchev–Trinajstić information content (AvgIpc) is 1.49. The molecule has 0 unspecified atom stereocenters. The monoisotopic (exact) mass is 1690 g/mol. The Bertz CT molecular complexity index is 5410. The summed E-state index contributed by atoms with van der Waals surface area (Å²) in [5.41, 5.74) is 10.8. The lowest BCUT2D eigenvalue weighted by Crippen LogP contribution is -2.44. The van der Waals surface area contributed by atoms with Crippen molar-refractivity contribution in [3.05, 3.63) is 188 Å². The molecule has 2 N–H and O–H groups in total. The van der Waals surface area contributed by atoms with Crippen LogP contribution in [0.5, 0.6) is 0 Å². The van der Waals surface area contributed by atoms with Gasteiger partial charge >= 0.3 is 57.2 Å². The number of carbonyl (C=O) groups is 6. The molecular formula is C71H86B3Br2ClN18O17. The average molecular weight is 1690 g/mol. The SMILES string of the molecule is C=C(C)c1c(C(=O)OCC)cnn2cc(C)nc12.CB1OB(C)OB(C)O1.CCOC(=O)c1c[nH]n2cc(Br)nc2c1=O.CCOC(=O)c1c[nH]n2cc(C)nc2c1=O.CCOC(=O)c1cnn2c(Br)c(C)nc2c1C(C)C.CCOC(=O)c1cnn2cc(C)nc2c1C(C)C.CCOC(=O)c1cnn2cc(C)nc2c1Cl. The second-order valence-corrected chi connectivity index (χ2v) is 26.8. The number of esters is 6. The van der Waals surface area contributed by atoms with Crippen LogP contribution in [0.3, 0.4) is 0 Å². The molecule has 1 aliphatic heterocycles. The zero-order valence-corrected chi connectivity index (χ0v) is 69.3. The van der Waals surface area contributed by atoms with Crippen molar-refractivity contribution in [3.63, 3.8) is 0 Å². The van der Waals surface area contributed by atoms with Crippen LogP contribution in [0.15, 0.2) is 93.5 Å². The zero-order valence-electron chi connectivity index (χ0n) is 65.4. The Balaban J connectivity index is 0.000000183. The molecule has 592 valence electrons. The number of aromatic nitrogens is 18. The minimum atomic E-state index is -0.648. The van der Waals surface area contributed by atoms with E-state index in [0.717, 1.165) is 49.7 Å². The van der Waals surface area contributed by atoms with Gasteiger partial charge in [0.05, 0.1) is 141 Å². The van der Waals surface area contributed by atoms with Gasteiger partial charge in [-0.2, -0.15) is 20.4 Å². The number of hydrogen-bond donors (Lipinski definition) is 2. The van der Waals surface area contributed by atoms with Crippen LogP contribution in [0.1, 0.15) is 195 Å². The number of nitrogens with one attached hydrogen (secondary N) is 2. The number of aryl methyl sites for hydroxylation is 5. The summed E-state index contributed by atoms with van der Waals surface area (Å²) in [4.78, 5) is 119. The first kappa shape index (κ1) is 88.4. The quantitative estimate of drug-likeness (QED) is 0.0547. The van der Waals surface area contributed by atoms with Gasteiger partial charge in [0.2, 0.25) is 22.2 Å². The van der Waals surface area contributed by atoms with Gasteiger partial charge in [-0.1, -0.05) is 45.9 Å². The van der Waals surface area contributed by atoms with E-state index in [1.54, 1.807) is 99.2 Å². The molecule has 13 heterocycles. The predicted molar refractivity (Wildman–Crippen MR) is 424 cm³/mol. The summed E-state index contributed by atoms with van der Waals surface area (Å²) >= 11 is 12.7. The molecule has 1 fully saturated rings. The number of aromatic amines is 2. The van der Waals surface area contributed by atoms with Crippen molar-refractivity contribution < 1.29 is 70.9 Å². The molecule has 0 saturated carbocycles. The Morgan fingerprint density at radius 2 is 0.804 bits per heavy atom. The zero-order chi connectivity index (χ0) is 82.7. The topological polar surface area (TPSA) is 407 Å². The van der Waals surface area contributed by atoms with Crippen molar-refractivity contribution in [1.29, 1.82) is 0 Å². The lowest BCUT2D eigenvalue weighted by molar-refractivity contribution is 0.0514. The van der Waals surface area contributed by atoms with Crippen LogP contribution in [-0.4, -0.2) is 184 Å². The fourth-order valence-corrected chi connectivity index (χ4v) is 11.8. The smallest absolute Gasteiger partial charge is 0.426 e. The Kier molecular flexibility index (Phi) is 31.9. The first-order chi connectivity index (χ1) is 53.1. The molecule has 0 amide bonds. The largest absolute Gasteiger partial charge is 0.462 e. The maximum atomic E-state index is 12.0. The molecule has 0 aromatic carbocycles. The molecule has 12 aromatic rings. The van der Waals surface area contributed by atoms with E-state index in [1.807, 2.05) is 89.0 Å². The number of hydrogen-bond acceptors (Lipinski definition) is 27. The van der Waals surface area contributed by atoms with Crippen LogP contribution >= 0.6 is 43.5 Å². The van der Waals surface area contributed by atoms with E-state index in [2.05, 4.69) is 98.9 Å². The van der Waals surface area contributed by atoms with Gasteiger partial charge in [-0.25, -0.2) is 85.8 Å². The highest BCUT2D eigenvalue weighted by Crippen LogP contribution is 2.29. The summed E-state index contributed by atoms with van der Waals surface area (Å²) in [5, 5.41) is 22.4. The lowest BCUT2D eigenvalue weighted by atomic mass is 9.74. The molecule has 12 aromatic heterocycles. The standard InChI is InChI=1S/C13H16BrN3O2.C13H17N3O2.C13H15N3O2.C10H10ClN3O2.C10H11N3O3.C9H8BrN3O3.C3H9B3O3/c1-5-19-13(18)9-6-15-17-11(14)8(4)16-12(17)10(9)7(2)3;2*1-5-18-13(17)10-6-14-16-7-9(4)15-12(16)11(10)8(2)3;1-3-16-10(15)7-4-12-14-5-6(2)13-9(14)8(7)11;1-3-16-10(15)7-4-11-13-5-6(2)12-9(13)8(7)14;1-2-16-9(15)5-3-11-13-4-6(10)12-8(13)7(5)14;1-4-7-5(2)9-6(3)8-4/h6-7H,5H2,1-4H3;6-8H,5H2,1-4H3;6-7H,2,5H2,1,3-4H3;4-5H,3H2,1-2H3;4-5,11H,3H2,1-2H3;3-4,11H,2H2,1H3;1-3H3. The first-order valence-corrected chi connectivity index (χ1v) is 37.3. The summed E-state index contributed by atoms with van der Waals surface area (Å²) in [6.07, 6.45) is 17.3. The molecule has 1 saturated heterocycles. The van der Waals surface area contributed by atoms with E-state index in [9.17, 15) is 38.4 Å². The van der Waals surface area contributed by atoms with Crippen LogP contribution in [0, 0.1) is 34.6 Å². The van der Waals surface area contributed by atoms with Gasteiger partial charge in [0.1, 0.15) is 30.9 Å². The molecule has 1 aliphatic rings. The molecule has 112 heavy (non-hydrogen) atoms. The minimum Gasteiger partial charge on any atom is -0.462 e. The minimum absolute atomic E-state index is 0.0278. The van der Waals surface area contributed by atoms with E-state index < -0.39 is 34.7 Å². The van der Waals surface area contributed by atoms with Gasteiger partial charge in [-0.05, 0) is 153 Å². The van der Waals surface area contributed by atoms with Crippen LogP contribution in [0.25, 0.3) is 39.5 Å². The number of nitrogens with zero attached hydrogens (tertiary/aromatic N) is 16. The lowest BCUT2D eigenvalue weighted by Gasteiger charge is -2.25. The second-order valence-electron chi connectivity index (χ2n) is 24.8. The molecule has 41 heteroatoms. The third kappa shape index (κ3) is 21.9. The van der Waals surface area contributed by atoms with Crippen LogP contribution < -0.4 is 10.9 Å². The van der Waals surface area contributed by atoms with Crippen molar-refractivity contribution in [2.24, 2.45) is 0 Å². The highest BCUT2D eigenvalue weighted by molar-refractivity contribution is 9.10. The van der Waals surface area contributed by atoms with Gasteiger partial charge < -0.3 is 42.1 Å². The molecule has 0 radical (unpaired) electrons. The Morgan fingerprint density at radius 1 is 0.464 bits per heavy atom. The maximum absolute atomic E-state index is 12.0. The third-order valence-electron chi connectivity index (χ3n) is 15.4. The molecule has 35 nitrogen and oxygen atoms in total. The van der Waals surface area contributed by atoms with Gasteiger partial charge in [0.15, 0.2) is 22.6 Å². The molecule has 0 atom stereocenters. The number of H-pyrrole nitrogens is 2. The summed E-state index contributed by atoms with van der Waals surface area (Å²) in [7, 11) is -0.406. The Labute approximate surface area is 665 Å². The predicted octanol–water partition coefficient (Wildman–Crippen LogP) is 11.4. The number of fused-ring (bicyclic) bond motifs is 6. The molecule has 13 rings (SSSR count). The van der Waals surface area contributed by atoms with E-state index in [-0.39, 0.29) is 91.4 Å². The van der Waals surface area contributed by atoms with Crippen molar-refractivity contribution in [1.82, 2.24) is 87.6 Å². The third-order valence-corrected chi connectivity index (χ3v) is 17.1. The van der Waals surface area contributed by atoms with E-state index in [0.29, 0.717) is 75.9 Å². The van der Waals surface area contributed by atoms with Crippen LogP contribution in [0.2, 0.25) is 25.5 Å². The van der Waals surface area contributed by atoms with Crippen LogP contribution in [-0.2, 0) is 42.1 Å². The molecular weight excluding hydrogens is 1600 g/mol. The number of carbonyl (C=O) groups excluding carboxylic acids is 6. The van der Waals surface area contributed by atoms with E-state index in [4.69, 9.17) is 53.7 Å². The molecule has 0 bridgehead atoms. The van der Waals surface area contributed by atoms with Crippen molar-refractivity contribution in [2.45, 2.75) is 143 Å². The fraction of sp³-hybridized carbons (Fsp3) is 0.380. The number of ether oxygens (including phenoxy) is 6. The van der Waals surface area contributed by atoms with Gasteiger partial charge in [0.25, 0.3) is 0 Å². The summed E-state index contributed by atoms with van der Waals surface area (Å²) in [6.45, 7) is 40.9. The van der Waals surface area contributed by atoms with Gasteiger partial charge in [-0.3, -0.25) is 19.8 Å². The molecule has 0 aliphatic carbocycles. The summed E-state index contributed by atoms with van der Waals surface area (Å²) in [6, 6.07) is 0. The number of imidazole rings is 6. The number of rotatable bonds is 15. The van der Waals surface area contributed by atoms with E-state index in [1.165, 1.54) is 38.3 Å². The van der Waals surface area contributed by atoms with Crippen molar-refractivity contribution >= 4 is 140 Å². The van der Waals surface area contributed by atoms with Gasteiger partial charge in [0, 0.05) is 29.1 Å². The normalized spacial score (nSPS) is 11.7. The first-order valence-electron chi connectivity index (χ1n) is 35.4. The van der Waals surface area contributed by atoms with Crippen LogP contribution in [0.4, 0.5) is 0 Å². The molecule has 0 spiro atoms. The maximum Gasteiger partial charge on any atom is 0.426 e. The highest BCUT2D eigenvalue weighted by atomic mass is 79.9.